The first-order chi connectivity index (χ1) is 26.1. The van der Waals surface area contributed by atoms with E-state index < -0.39 is 68.7 Å². The highest BCUT2D eigenvalue weighted by molar-refractivity contribution is 7.91. The van der Waals surface area contributed by atoms with Gasteiger partial charge >= 0.3 is 6.09 Å². The Bertz CT molecular complexity index is 1880. The lowest BCUT2D eigenvalue weighted by Crippen LogP contribution is -2.58. The van der Waals surface area contributed by atoms with Crippen molar-refractivity contribution in [3.05, 3.63) is 72.3 Å². The summed E-state index contributed by atoms with van der Waals surface area (Å²) >= 11 is 0. The van der Waals surface area contributed by atoms with E-state index in [0.29, 0.717) is 32.1 Å². The van der Waals surface area contributed by atoms with Crippen LogP contribution in [0.5, 0.6) is 0 Å². The summed E-state index contributed by atoms with van der Waals surface area (Å²) in [5.74, 6) is -2.25. The zero-order chi connectivity index (χ0) is 37.7. The van der Waals surface area contributed by atoms with Crippen LogP contribution in [0, 0.1) is 5.92 Å². The van der Waals surface area contributed by atoms with Gasteiger partial charge in [-0.05, 0) is 75.3 Å². The van der Waals surface area contributed by atoms with Crippen molar-refractivity contribution < 1.29 is 37.2 Å². The number of nitrogens with zero attached hydrogens (tertiary/aromatic N) is 2. The van der Waals surface area contributed by atoms with Gasteiger partial charge in [-0.1, -0.05) is 84.7 Å². The van der Waals surface area contributed by atoms with Gasteiger partial charge in [-0.25, -0.2) is 13.2 Å². The van der Waals surface area contributed by atoms with Crippen LogP contribution in [0.15, 0.2) is 71.9 Å². The Morgan fingerprint density at radius 3 is 2.43 bits per heavy atom. The zero-order valence-electron chi connectivity index (χ0n) is 30.4. The molecule has 1 saturated heterocycles. The molecule has 0 radical (unpaired) electrons. The predicted molar refractivity (Wildman–Crippen MR) is 201 cm³/mol. The van der Waals surface area contributed by atoms with Crippen molar-refractivity contribution in [2.45, 2.75) is 119 Å². The van der Waals surface area contributed by atoms with Crippen LogP contribution in [-0.4, -0.2) is 85.0 Å². The van der Waals surface area contributed by atoms with Crippen molar-refractivity contribution in [3.63, 3.8) is 0 Å². The molecule has 4 fully saturated rings. The molecule has 0 aromatic heterocycles. The molecule has 3 saturated carbocycles. The van der Waals surface area contributed by atoms with Gasteiger partial charge in [-0.2, -0.15) is 0 Å². The van der Waals surface area contributed by atoms with E-state index in [1.807, 2.05) is 66.7 Å². The molecule has 0 unspecified atom stereocenters. The van der Waals surface area contributed by atoms with E-state index in [0.717, 1.165) is 55.2 Å². The molecule has 54 heavy (non-hydrogen) atoms. The van der Waals surface area contributed by atoms with E-state index >= 15 is 0 Å². The van der Waals surface area contributed by atoms with Gasteiger partial charge in [-0.15, -0.1) is 0 Å². The Labute approximate surface area is 316 Å². The number of benzene rings is 2. The molecule has 14 heteroatoms. The molecule has 0 spiro atoms. The number of carbonyl (C=O) groups excluding carboxylic acids is 4. The molecule has 2 aliphatic heterocycles. The third kappa shape index (κ3) is 8.80. The minimum Gasteiger partial charge on any atom is -0.446 e. The summed E-state index contributed by atoms with van der Waals surface area (Å²) in [5, 5.41) is 9.36. The smallest absolute Gasteiger partial charge is 0.408 e. The second kappa shape index (κ2) is 16.3. The maximum absolute atomic E-state index is 14.4. The van der Waals surface area contributed by atoms with Crippen molar-refractivity contribution in [3.8, 4) is 11.1 Å². The van der Waals surface area contributed by atoms with Crippen LogP contribution < -0.4 is 15.4 Å². The maximum Gasteiger partial charge on any atom is 0.408 e. The number of allylic oxidation sites excluding steroid dienone is 1. The number of fused-ring (bicyclic) bond motifs is 2. The molecule has 288 valence electrons. The van der Waals surface area contributed by atoms with Gasteiger partial charge in [0.05, 0.1) is 18.0 Å². The molecule has 2 heterocycles. The lowest BCUT2D eigenvalue weighted by molar-refractivity contribution is -0.141. The standard InChI is InChI=1S/C40H49N5O8S/c46-36-35-23-31(53-41-25-28-15-9-12-19-33(28)27-13-5-4-6-14-27)26-45(35)37(47)34(42-39(49)52-30-17-10-11-18-30)20-8-3-1-2-7-16-29-24-40(29,43-36)38(48)44-54(50,51)32-21-22-32/h4-7,9,12-16,19,25,29-32,34-35H,1-3,8,10-11,17-18,20-24,26H2,(H,42,49)(H,43,46)(H,44,48)/b16-7-,41-25+/t29-,31-,34+,35+,40+/m1/s1. The highest BCUT2D eigenvalue weighted by Gasteiger charge is 2.62. The van der Waals surface area contributed by atoms with Crippen LogP contribution >= 0.6 is 0 Å². The van der Waals surface area contributed by atoms with Crippen molar-refractivity contribution in [2.24, 2.45) is 11.1 Å². The Morgan fingerprint density at radius 1 is 0.907 bits per heavy atom. The maximum atomic E-state index is 14.4. The van der Waals surface area contributed by atoms with Gasteiger partial charge in [0.1, 0.15) is 29.8 Å². The molecule has 13 nitrogen and oxygen atoms in total. The van der Waals surface area contributed by atoms with E-state index in [-0.39, 0.29) is 25.5 Å². The van der Waals surface area contributed by atoms with Gasteiger partial charge in [0, 0.05) is 17.9 Å². The third-order valence-electron chi connectivity index (χ3n) is 11.2. The Morgan fingerprint density at radius 2 is 1.65 bits per heavy atom. The fraction of sp³-hybridized carbons (Fsp3) is 0.525. The number of hydrogen-bond donors (Lipinski definition) is 3. The number of rotatable bonds is 9. The van der Waals surface area contributed by atoms with Gasteiger partial charge in [-0.3, -0.25) is 19.1 Å². The van der Waals surface area contributed by atoms with E-state index in [9.17, 15) is 27.6 Å². The lowest BCUT2D eigenvalue weighted by atomic mass is 10.0. The third-order valence-corrected chi connectivity index (χ3v) is 13.0. The number of sulfonamides is 1. The number of hydrogen-bond acceptors (Lipinski definition) is 9. The van der Waals surface area contributed by atoms with Crippen LogP contribution in [0.1, 0.15) is 89.0 Å². The van der Waals surface area contributed by atoms with E-state index in [2.05, 4.69) is 20.5 Å². The molecule has 0 bridgehead atoms. The number of oxime groups is 1. The molecular formula is C40H49N5O8S. The quantitative estimate of drug-likeness (QED) is 0.187. The average Bonchev–Trinajstić information content (AvgIpc) is 4.04. The Balaban J connectivity index is 1.13. The summed E-state index contributed by atoms with van der Waals surface area (Å²) < 4.78 is 33.5. The fourth-order valence-corrected chi connectivity index (χ4v) is 9.20. The van der Waals surface area contributed by atoms with Crippen molar-refractivity contribution in [2.75, 3.05) is 6.54 Å². The number of alkyl carbamates (subject to hydrolysis) is 1. The normalized spacial score (nSPS) is 28.6. The molecule has 5 atom stereocenters. The number of nitrogens with one attached hydrogen (secondary N) is 3. The Hall–Kier alpha value is -4.72. The Kier molecular flexibility index (Phi) is 11.4. The molecule has 2 aromatic carbocycles. The summed E-state index contributed by atoms with van der Waals surface area (Å²) in [5.41, 5.74) is 1.30. The van der Waals surface area contributed by atoms with Gasteiger partial charge < -0.3 is 25.1 Å². The first kappa shape index (κ1) is 37.6. The fourth-order valence-electron chi connectivity index (χ4n) is 7.84. The molecule has 5 aliphatic rings. The van der Waals surface area contributed by atoms with Gasteiger partial charge in [0.2, 0.25) is 21.8 Å². The van der Waals surface area contributed by atoms with Crippen molar-refractivity contribution >= 4 is 40.1 Å². The van der Waals surface area contributed by atoms with Gasteiger partial charge in [0.25, 0.3) is 5.91 Å². The topological polar surface area (TPSA) is 173 Å². The predicted octanol–water partition coefficient (Wildman–Crippen LogP) is 4.71. The minimum atomic E-state index is -3.87. The van der Waals surface area contributed by atoms with Crippen LogP contribution in [0.3, 0.4) is 0 Å². The van der Waals surface area contributed by atoms with E-state index in [4.69, 9.17) is 9.57 Å². The first-order valence-corrected chi connectivity index (χ1v) is 20.8. The molecule has 3 N–H and O–H groups in total. The molecule has 4 amide bonds. The summed E-state index contributed by atoms with van der Waals surface area (Å²) in [4.78, 5) is 62.8. The second-order valence-electron chi connectivity index (χ2n) is 15.2. The largest absolute Gasteiger partial charge is 0.446 e. The van der Waals surface area contributed by atoms with Crippen LogP contribution in [0.25, 0.3) is 11.1 Å². The molecule has 7 rings (SSSR count). The van der Waals surface area contributed by atoms with Crippen LogP contribution in [0.4, 0.5) is 4.79 Å². The number of ether oxygens (including phenoxy) is 1. The number of amides is 4. The first-order valence-electron chi connectivity index (χ1n) is 19.3. The SMILES string of the molecule is O=C(N[C@H]1CCCCC/C=C\[C@@H]2C[C@]2(C(=O)NS(=O)(=O)C2CC2)NC(=O)[C@@H]2C[C@@H](O/N=C/c3ccccc3-c3ccccc3)CN2C1=O)OC1CCCC1. The zero-order valence-corrected chi connectivity index (χ0v) is 31.2. The van der Waals surface area contributed by atoms with E-state index in [1.54, 1.807) is 6.21 Å². The van der Waals surface area contributed by atoms with Crippen LogP contribution in [-0.2, 0) is 34.0 Å². The van der Waals surface area contributed by atoms with E-state index in [1.165, 1.54) is 4.90 Å². The monoisotopic (exact) mass is 759 g/mol. The second-order valence-corrected chi connectivity index (χ2v) is 17.1. The van der Waals surface area contributed by atoms with Crippen molar-refractivity contribution in [1.82, 2.24) is 20.3 Å². The minimum absolute atomic E-state index is 0.00301. The summed E-state index contributed by atoms with van der Waals surface area (Å²) in [6, 6.07) is 15.6. The molecule has 3 aliphatic carbocycles. The molecular weight excluding hydrogens is 711 g/mol. The highest BCUT2D eigenvalue weighted by atomic mass is 32.2. The van der Waals surface area contributed by atoms with Crippen LogP contribution in [0.2, 0.25) is 0 Å². The highest BCUT2D eigenvalue weighted by Crippen LogP contribution is 2.46. The summed E-state index contributed by atoms with van der Waals surface area (Å²) in [7, 11) is -3.87. The van der Waals surface area contributed by atoms with Gasteiger partial charge in [0.15, 0.2) is 0 Å². The molecule has 2 aromatic rings. The lowest BCUT2D eigenvalue weighted by Gasteiger charge is -2.30. The number of carbonyl (C=O) groups is 4. The summed E-state index contributed by atoms with van der Waals surface area (Å²) in [6.45, 7) is 0.00301. The van der Waals surface area contributed by atoms with Crippen molar-refractivity contribution in [1.29, 1.82) is 0 Å². The summed E-state index contributed by atoms with van der Waals surface area (Å²) in [6.07, 6.45) is 12.0. The average molecular weight is 760 g/mol.